The van der Waals surface area contributed by atoms with Crippen LogP contribution < -0.4 is 11.0 Å². The van der Waals surface area contributed by atoms with Gasteiger partial charge >= 0.3 is 11.7 Å². The zero-order valence-electron chi connectivity index (χ0n) is 23.1. The largest absolute Gasteiger partial charge is 0.329 e. The van der Waals surface area contributed by atoms with Gasteiger partial charge in [-0.15, -0.1) is 0 Å². The molecule has 2 aliphatic heterocycles. The lowest BCUT2D eigenvalue weighted by molar-refractivity contribution is 0.169. The highest BCUT2D eigenvalue weighted by atomic mass is 16.2. The van der Waals surface area contributed by atoms with Crippen LogP contribution in [-0.4, -0.2) is 57.7 Å². The number of piperidine rings is 1. The van der Waals surface area contributed by atoms with Gasteiger partial charge in [-0.3, -0.25) is 9.13 Å². The van der Waals surface area contributed by atoms with Crippen LogP contribution in [0.25, 0.3) is 11.0 Å². The third kappa shape index (κ3) is 5.56. The molecule has 4 aromatic rings. The Bertz CT molecular complexity index is 1430. The van der Waals surface area contributed by atoms with Crippen LogP contribution in [0.4, 0.5) is 4.79 Å². The zero-order chi connectivity index (χ0) is 27.3. The molecule has 1 aromatic heterocycles. The molecule has 7 heteroatoms. The number of carbonyl (C=O) groups is 1. The van der Waals surface area contributed by atoms with E-state index in [1.807, 2.05) is 62.6 Å². The van der Waals surface area contributed by atoms with Crippen LogP contribution in [0.15, 0.2) is 89.7 Å². The second kappa shape index (κ2) is 12.1. The first-order valence-corrected chi connectivity index (χ1v) is 14.8. The molecule has 6 rings (SSSR count). The van der Waals surface area contributed by atoms with E-state index < -0.39 is 0 Å². The third-order valence-corrected chi connectivity index (χ3v) is 8.57. The molecule has 3 aromatic carbocycles. The van der Waals surface area contributed by atoms with Crippen LogP contribution >= 0.6 is 0 Å². The van der Waals surface area contributed by atoms with Crippen molar-refractivity contribution in [1.29, 1.82) is 0 Å². The summed E-state index contributed by atoms with van der Waals surface area (Å²) in [5.41, 5.74) is 4.22. The number of nitrogens with zero attached hydrogens (tertiary/aromatic N) is 4. The molecule has 208 valence electrons. The van der Waals surface area contributed by atoms with Crippen molar-refractivity contribution >= 4 is 17.1 Å². The number of para-hydroxylation sites is 2. The van der Waals surface area contributed by atoms with Crippen molar-refractivity contribution < 1.29 is 4.79 Å². The van der Waals surface area contributed by atoms with Gasteiger partial charge in [-0.1, -0.05) is 72.8 Å². The Morgan fingerprint density at radius 2 is 1.32 bits per heavy atom. The molecule has 7 nitrogen and oxygen atoms in total. The van der Waals surface area contributed by atoms with Crippen LogP contribution in [0.5, 0.6) is 0 Å². The quantitative estimate of drug-likeness (QED) is 0.326. The number of likely N-dealkylation sites (tertiary alicyclic amines) is 2. The number of benzene rings is 3. The van der Waals surface area contributed by atoms with Gasteiger partial charge in [0.25, 0.3) is 0 Å². The molecule has 1 N–H and O–H groups in total. The summed E-state index contributed by atoms with van der Waals surface area (Å²) in [5, 5.41) is 3.28. The molecule has 3 heterocycles. The van der Waals surface area contributed by atoms with E-state index in [2.05, 4.69) is 46.6 Å². The molecular weight excluding hydrogens is 498 g/mol. The number of imidazole rings is 1. The molecule has 0 saturated carbocycles. The van der Waals surface area contributed by atoms with E-state index in [-0.39, 0.29) is 23.8 Å². The maximum absolute atomic E-state index is 13.7. The molecule has 2 fully saturated rings. The Morgan fingerprint density at radius 1 is 0.750 bits per heavy atom. The number of hydrogen-bond donors (Lipinski definition) is 1. The van der Waals surface area contributed by atoms with Gasteiger partial charge in [0.05, 0.1) is 17.1 Å². The highest BCUT2D eigenvalue weighted by Gasteiger charge is 2.29. The van der Waals surface area contributed by atoms with Crippen LogP contribution in [0.2, 0.25) is 0 Å². The van der Waals surface area contributed by atoms with Crippen molar-refractivity contribution in [3.05, 3.63) is 107 Å². The van der Waals surface area contributed by atoms with E-state index in [0.29, 0.717) is 13.1 Å². The second-order valence-corrected chi connectivity index (χ2v) is 11.1. The fraction of sp³-hybridized carbons (Fsp3) is 0.394. The Hall–Kier alpha value is -3.84. The molecule has 2 amide bonds. The smallest absolute Gasteiger partial charge is 0.327 e. The minimum Gasteiger partial charge on any atom is -0.327 e. The normalized spacial score (nSPS) is 16.7. The minimum atomic E-state index is -0.214. The van der Waals surface area contributed by atoms with Gasteiger partial charge in [0, 0.05) is 25.7 Å². The predicted octanol–water partition coefficient (Wildman–Crippen LogP) is 5.43. The summed E-state index contributed by atoms with van der Waals surface area (Å²) in [7, 11) is 0. The number of nitrogens with one attached hydrogen (secondary N) is 1. The molecule has 40 heavy (non-hydrogen) atoms. The second-order valence-electron chi connectivity index (χ2n) is 11.1. The summed E-state index contributed by atoms with van der Waals surface area (Å²) in [4.78, 5) is 31.6. The van der Waals surface area contributed by atoms with Gasteiger partial charge < -0.3 is 15.1 Å². The highest BCUT2D eigenvalue weighted by molar-refractivity contribution is 5.77. The van der Waals surface area contributed by atoms with E-state index >= 15 is 0 Å². The van der Waals surface area contributed by atoms with E-state index in [4.69, 9.17) is 0 Å². The third-order valence-electron chi connectivity index (χ3n) is 8.57. The van der Waals surface area contributed by atoms with E-state index in [0.717, 1.165) is 54.5 Å². The average molecular weight is 538 g/mol. The lowest BCUT2D eigenvalue weighted by atomic mass is 9.99. The van der Waals surface area contributed by atoms with Crippen LogP contribution in [-0.2, 0) is 6.54 Å². The molecule has 0 bridgehead atoms. The first-order valence-electron chi connectivity index (χ1n) is 14.8. The minimum absolute atomic E-state index is 0.0622. The van der Waals surface area contributed by atoms with Crippen molar-refractivity contribution in [3.63, 3.8) is 0 Å². The monoisotopic (exact) mass is 537 g/mol. The van der Waals surface area contributed by atoms with Crippen LogP contribution in [0.3, 0.4) is 0 Å². The maximum atomic E-state index is 13.7. The Labute approximate surface area is 236 Å². The van der Waals surface area contributed by atoms with Crippen molar-refractivity contribution in [2.45, 2.75) is 50.7 Å². The van der Waals surface area contributed by atoms with Gasteiger partial charge in [0.2, 0.25) is 0 Å². The Kier molecular flexibility index (Phi) is 8.00. The lowest BCUT2D eigenvalue weighted by Crippen LogP contribution is -2.46. The van der Waals surface area contributed by atoms with E-state index in [9.17, 15) is 9.59 Å². The summed E-state index contributed by atoms with van der Waals surface area (Å²) < 4.78 is 3.96. The Balaban J connectivity index is 1.14. The average Bonchev–Trinajstić information content (AvgIpc) is 3.63. The molecule has 2 saturated heterocycles. The van der Waals surface area contributed by atoms with Gasteiger partial charge in [-0.2, -0.15) is 0 Å². The number of fused-ring (bicyclic) bond motifs is 1. The van der Waals surface area contributed by atoms with E-state index in [1.165, 1.54) is 25.9 Å². The molecule has 0 radical (unpaired) electrons. The highest BCUT2D eigenvalue weighted by Crippen LogP contribution is 2.27. The molecule has 0 atom stereocenters. The molecule has 0 unspecified atom stereocenters. The maximum Gasteiger partial charge on any atom is 0.329 e. The Morgan fingerprint density at radius 3 is 1.95 bits per heavy atom. The van der Waals surface area contributed by atoms with Crippen molar-refractivity contribution in [2.24, 2.45) is 0 Å². The first kappa shape index (κ1) is 26.4. The van der Waals surface area contributed by atoms with E-state index in [1.54, 1.807) is 0 Å². The van der Waals surface area contributed by atoms with Crippen LogP contribution in [0, 0.1) is 0 Å². The molecular formula is C33H39N5O2. The standard InChI is InChI=1S/C33H39N5O2/c39-32(34-31(26-12-3-1-4-13-26)27-14-5-2-6-15-27)36-24-18-28(19-25-36)38-30-17-8-7-16-29(30)37(33(38)40)23-11-22-35-20-9-10-21-35/h1-8,12-17,28,31H,9-11,18-25H2,(H,34,39). The van der Waals surface area contributed by atoms with Crippen molar-refractivity contribution in [2.75, 3.05) is 32.7 Å². The number of rotatable bonds is 8. The number of amides is 2. The number of urea groups is 1. The predicted molar refractivity (Wildman–Crippen MR) is 160 cm³/mol. The zero-order valence-corrected chi connectivity index (χ0v) is 23.1. The van der Waals surface area contributed by atoms with Gasteiger partial charge in [0.15, 0.2) is 0 Å². The summed E-state index contributed by atoms with van der Waals surface area (Å²) in [5.74, 6) is 0. The number of hydrogen-bond acceptors (Lipinski definition) is 3. The summed E-state index contributed by atoms with van der Waals surface area (Å²) in [6.45, 7) is 5.39. The summed E-state index contributed by atoms with van der Waals surface area (Å²) in [6.07, 6.45) is 5.08. The molecule has 0 aliphatic carbocycles. The lowest BCUT2D eigenvalue weighted by Gasteiger charge is -2.34. The molecule has 2 aliphatic rings. The fourth-order valence-corrected chi connectivity index (χ4v) is 6.45. The van der Waals surface area contributed by atoms with Crippen molar-refractivity contribution in [3.8, 4) is 0 Å². The van der Waals surface area contributed by atoms with Gasteiger partial charge in [-0.25, -0.2) is 9.59 Å². The first-order chi connectivity index (χ1) is 19.7. The van der Waals surface area contributed by atoms with Gasteiger partial charge in [0.1, 0.15) is 0 Å². The topological polar surface area (TPSA) is 62.5 Å². The molecule has 0 spiro atoms. The van der Waals surface area contributed by atoms with Crippen LogP contribution in [0.1, 0.15) is 55.3 Å². The number of aromatic nitrogens is 2. The van der Waals surface area contributed by atoms with Gasteiger partial charge in [-0.05, 0) is 75.0 Å². The number of aryl methyl sites for hydroxylation is 1. The number of carbonyl (C=O) groups excluding carboxylic acids is 1. The summed E-state index contributed by atoms with van der Waals surface area (Å²) in [6, 6.07) is 28.2. The summed E-state index contributed by atoms with van der Waals surface area (Å²) >= 11 is 0. The fourth-order valence-electron chi connectivity index (χ4n) is 6.45. The SMILES string of the molecule is O=C(NC(c1ccccc1)c1ccccc1)N1CCC(n2c(=O)n(CCCN3CCCC3)c3ccccc32)CC1. The van der Waals surface area contributed by atoms with Crippen molar-refractivity contribution in [1.82, 2.24) is 24.3 Å².